The second kappa shape index (κ2) is 7.37. The van der Waals surface area contributed by atoms with Crippen LogP contribution in [-0.2, 0) is 9.30 Å². The van der Waals surface area contributed by atoms with Crippen molar-refractivity contribution in [2.24, 2.45) is 5.73 Å². The van der Waals surface area contributed by atoms with Crippen LogP contribution in [0.2, 0.25) is 0 Å². The van der Waals surface area contributed by atoms with E-state index in [9.17, 15) is 14.8 Å². The Balaban J connectivity index is 5.56. The van der Waals surface area contributed by atoms with Gasteiger partial charge in [0, 0.05) is 17.9 Å². The molecular formula is C12H25N2O4P. The number of ether oxygens (including phenoxy) is 1. The molecule has 0 radical (unpaired) electrons. The Morgan fingerprint density at radius 2 is 1.84 bits per heavy atom. The number of aliphatic hydroxyl groups excluding tert-OH is 1. The molecule has 0 saturated carbocycles. The molecule has 0 bridgehead atoms. The lowest BCUT2D eigenvalue weighted by atomic mass is 10.3. The highest BCUT2D eigenvalue weighted by Gasteiger charge is 2.56. The van der Waals surface area contributed by atoms with Crippen molar-refractivity contribution in [1.82, 2.24) is 0 Å². The summed E-state index contributed by atoms with van der Waals surface area (Å²) in [5.41, 5.74) is 2.43. The molecule has 0 rings (SSSR count). The van der Waals surface area contributed by atoms with E-state index in [1.165, 1.54) is 0 Å². The van der Waals surface area contributed by atoms with E-state index in [-0.39, 0.29) is 30.9 Å². The van der Waals surface area contributed by atoms with E-state index in [2.05, 4.69) is 0 Å². The quantitative estimate of drug-likeness (QED) is 0.350. The highest BCUT2D eigenvalue weighted by atomic mass is 31.2. The number of hydrogen-bond acceptors (Lipinski definition) is 6. The Hall–Kier alpha value is -0.440. The summed E-state index contributed by atoms with van der Waals surface area (Å²) in [6.45, 7) is 6.47. The third kappa shape index (κ3) is 3.56. The van der Waals surface area contributed by atoms with Gasteiger partial charge in [-0.2, -0.15) is 5.26 Å². The Bertz CT molecular complexity index is 355. The van der Waals surface area contributed by atoms with Crippen molar-refractivity contribution in [3.63, 3.8) is 0 Å². The van der Waals surface area contributed by atoms with E-state index in [0.29, 0.717) is 0 Å². The van der Waals surface area contributed by atoms with E-state index in [4.69, 9.17) is 15.7 Å². The molecule has 0 aromatic carbocycles. The van der Waals surface area contributed by atoms with Crippen LogP contribution in [0.15, 0.2) is 0 Å². The van der Waals surface area contributed by atoms with Crippen molar-refractivity contribution >= 4 is 7.14 Å². The van der Waals surface area contributed by atoms with Gasteiger partial charge in [-0.05, 0) is 0 Å². The highest BCUT2D eigenvalue weighted by Crippen LogP contribution is 2.65. The fraction of sp³-hybridized carbons (Fsp3) is 0.917. The van der Waals surface area contributed by atoms with Crippen LogP contribution >= 0.6 is 7.14 Å². The lowest BCUT2D eigenvalue weighted by molar-refractivity contribution is -0.195. The maximum absolute atomic E-state index is 13.2. The standard InChI is InChI=1S/C12H25N2O4P/c1-9(2)19(17,10(3)4)12(16,11(15)8-14)18-7-5-6-13/h9-11,15-16H,5,7-8,14H2,1-4H3/t11?,12-/m0/s1. The smallest absolute Gasteiger partial charge is 0.248 e. The molecule has 1 unspecified atom stereocenters. The predicted molar refractivity (Wildman–Crippen MR) is 74.1 cm³/mol. The average molecular weight is 292 g/mol. The second-order valence-corrected chi connectivity index (χ2v) is 9.19. The Kier molecular flexibility index (Phi) is 7.20. The maximum Gasteiger partial charge on any atom is 0.248 e. The van der Waals surface area contributed by atoms with Crippen molar-refractivity contribution in [1.29, 1.82) is 5.26 Å². The van der Waals surface area contributed by atoms with Gasteiger partial charge in [0.2, 0.25) is 5.53 Å². The van der Waals surface area contributed by atoms with Crippen molar-refractivity contribution in [3.05, 3.63) is 0 Å². The third-order valence-corrected chi connectivity index (χ3v) is 7.72. The van der Waals surface area contributed by atoms with Gasteiger partial charge in [0.05, 0.1) is 19.1 Å². The van der Waals surface area contributed by atoms with Crippen molar-refractivity contribution < 1.29 is 19.5 Å². The van der Waals surface area contributed by atoms with Crippen molar-refractivity contribution in [2.45, 2.75) is 57.1 Å². The van der Waals surface area contributed by atoms with Gasteiger partial charge >= 0.3 is 0 Å². The summed E-state index contributed by atoms with van der Waals surface area (Å²) in [6.07, 6.45) is -1.42. The molecule has 0 heterocycles. The normalized spacial score (nSPS) is 17.3. The zero-order chi connectivity index (χ0) is 15.3. The fourth-order valence-corrected chi connectivity index (χ4v) is 5.70. The molecule has 6 nitrogen and oxygen atoms in total. The van der Waals surface area contributed by atoms with Crippen LogP contribution in [0.5, 0.6) is 0 Å². The van der Waals surface area contributed by atoms with E-state index < -0.39 is 18.8 Å². The van der Waals surface area contributed by atoms with Gasteiger partial charge in [-0.3, -0.25) is 0 Å². The van der Waals surface area contributed by atoms with E-state index in [1.807, 2.05) is 6.07 Å². The Morgan fingerprint density at radius 1 is 1.37 bits per heavy atom. The maximum atomic E-state index is 13.2. The number of hydrogen-bond donors (Lipinski definition) is 3. The summed E-state index contributed by atoms with van der Waals surface area (Å²) in [6, 6.07) is 1.87. The van der Waals surface area contributed by atoms with Crippen LogP contribution in [0.25, 0.3) is 0 Å². The van der Waals surface area contributed by atoms with Crippen LogP contribution in [-0.4, -0.2) is 46.3 Å². The molecule has 0 saturated heterocycles. The monoisotopic (exact) mass is 292 g/mol. The first-order valence-electron chi connectivity index (χ1n) is 6.39. The fourth-order valence-electron chi connectivity index (χ4n) is 2.17. The van der Waals surface area contributed by atoms with Crippen molar-refractivity contribution in [2.75, 3.05) is 13.2 Å². The molecule has 112 valence electrons. The van der Waals surface area contributed by atoms with Gasteiger partial charge in [-0.15, -0.1) is 0 Å². The zero-order valence-corrected chi connectivity index (χ0v) is 12.9. The first-order chi connectivity index (χ1) is 8.68. The summed E-state index contributed by atoms with van der Waals surface area (Å²) in [5, 5.41) is 29.1. The molecule has 0 aromatic rings. The molecule has 0 aromatic heterocycles. The Morgan fingerprint density at radius 3 is 2.16 bits per heavy atom. The molecule has 0 aliphatic carbocycles. The van der Waals surface area contributed by atoms with E-state index >= 15 is 0 Å². The molecule has 0 amide bonds. The first kappa shape index (κ1) is 18.6. The van der Waals surface area contributed by atoms with Gasteiger partial charge in [0.15, 0.2) is 7.14 Å². The second-order valence-electron chi connectivity index (χ2n) is 5.06. The number of nitrogens with zero attached hydrogens (tertiary/aromatic N) is 1. The molecule has 0 spiro atoms. The largest absolute Gasteiger partial charge is 0.386 e. The van der Waals surface area contributed by atoms with E-state index in [1.54, 1.807) is 27.7 Å². The zero-order valence-electron chi connectivity index (χ0n) is 12.0. The molecule has 0 aliphatic heterocycles. The average Bonchev–Trinajstić information content (AvgIpc) is 2.35. The van der Waals surface area contributed by atoms with Crippen molar-refractivity contribution in [3.8, 4) is 6.07 Å². The summed E-state index contributed by atoms with van der Waals surface area (Å²) in [4.78, 5) is 0. The molecule has 7 heteroatoms. The molecule has 0 fully saturated rings. The summed E-state index contributed by atoms with van der Waals surface area (Å²) in [7, 11) is -3.30. The van der Waals surface area contributed by atoms with Gasteiger partial charge in [0.25, 0.3) is 0 Å². The van der Waals surface area contributed by atoms with Gasteiger partial charge in [-0.25, -0.2) is 0 Å². The summed E-state index contributed by atoms with van der Waals surface area (Å²) >= 11 is 0. The minimum atomic E-state index is -3.30. The van der Waals surface area contributed by atoms with Crippen LogP contribution in [0.4, 0.5) is 0 Å². The number of aliphatic hydroxyl groups is 2. The van der Waals surface area contributed by atoms with Crippen LogP contribution < -0.4 is 5.73 Å². The number of nitriles is 1. The van der Waals surface area contributed by atoms with E-state index in [0.717, 1.165) is 0 Å². The van der Waals surface area contributed by atoms with Gasteiger partial charge < -0.3 is 25.2 Å². The van der Waals surface area contributed by atoms with Crippen LogP contribution in [0, 0.1) is 11.3 Å². The molecule has 0 aliphatic rings. The molecular weight excluding hydrogens is 267 g/mol. The van der Waals surface area contributed by atoms with Crippen LogP contribution in [0.1, 0.15) is 34.1 Å². The topological polar surface area (TPSA) is 117 Å². The van der Waals surface area contributed by atoms with Gasteiger partial charge in [0.1, 0.15) is 6.10 Å². The molecule has 19 heavy (non-hydrogen) atoms. The number of nitrogens with two attached hydrogens (primary N) is 1. The lowest BCUT2D eigenvalue weighted by Crippen LogP contribution is -2.51. The SMILES string of the molecule is CC(C)P(=O)(C(C)C)[C@@](O)(OCCC#N)C(O)CN. The lowest BCUT2D eigenvalue weighted by Gasteiger charge is -2.43. The highest BCUT2D eigenvalue weighted by molar-refractivity contribution is 7.66. The van der Waals surface area contributed by atoms with Crippen LogP contribution in [0.3, 0.4) is 0 Å². The summed E-state index contributed by atoms with van der Waals surface area (Å²) in [5.74, 6) is 0. The minimum absolute atomic E-state index is 0.0375. The Labute approximate surface area is 114 Å². The van der Waals surface area contributed by atoms with Gasteiger partial charge in [-0.1, -0.05) is 27.7 Å². The molecule has 2 atom stereocenters. The molecule has 4 N–H and O–H groups in total. The number of rotatable bonds is 8. The third-order valence-electron chi connectivity index (χ3n) is 3.22. The predicted octanol–water partition coefficient (Wildman–Crippen LogP) is 1.06. The first-order valence-corrected chi connectivity index (χ1v) is 8.23. The minimum Gasteiger partial charge on any atom is -0.386 e. The summed E-state index contributed by atoms with van der Waals surface area (Å²) < 4.78 is 18.4.